The molecule has 0 saturated carbocycles. The second-order valence-electron chi connectivity index (χ2n) is 1.90. The van der Waals surface area contributed by atoms with Crippen LogP contribution >= 0.6 is 0 Å². The van der Waals surface area contributed by atoms with Crippen molar-refractivity contribution in [3.05, 3.63) is 0 Å². The van der Waals surface area contributed by atoms with Gasteiger partial charge in [0.2, 0.25) is 0 Å². The highest BCUT2D eigenvalue weighted by Gasteiger charge is 2.22. The van der Waals surface area contributed by atoms with Crippen molar-refractivity contribution in [2.24, 2.45) is 5.73 Å². The Kier molecular flexibility index (Phi) is 3.65. The zero-order chi connectivity index (χ0) is 7.44. The molecule has 9 heavy (non-hydrogen) atoms. The van der Waals surface area contributed by atoms with Crippen LogP contribution in [0.5, 0.6) is 0 Å². The van der Waals surface area contributed by atoms with E-state index in [-0.39, 0.29) is 0 Å². The van der Waals surface area contributed by atoms with Gasteiger partial charge < -0.3 is 10.8 Å². The van der Waals surface area contributed by atoms with E-state index in [1.54, 1.807) is 6.92 Å². The Balaban J connectivity index is 3.58. The van der Waals surface area contributed by atoms with Crippen LogP contribution in [0, 0.1) is 0 Å². The third-order valence-corrected chi connectivity index (χ3v) is 1.17. The second kappa shape index (κ2) is 3.74. The van der Waals surface area contributed by atoms with Gasteiger partial charge in [0, 0.05) is 6.04 Å². The summed E-state index contributed by atoms with van der Waals surface area (Å²) >= 11 is 0. The average Bonchev–Trinajstić information content (AvgIpc) is 1.84. The minimum absolute atomic E-state index is 0.367. The summed E-state index contributed by atoms with van der Waals surface area (Å²) in [6, 6.07) is -0.801. The molecule has 2 unspecified atom stereocenters. The summed E-state index contributed by atoms with van der Waals surface area (Å²) in [5.41, 5.74) is 5.09. The first-order valence-corrected chi connectivity index (χ1v) is 2.81. The van der Waals surface area contributed by atoms with Crippen molar-refractivity contribution in [1.82, 2.24) is 0 Å². The van der Waals surface area contributed by atoms with Crippen LogP contribution in [0.2, 0.25) is 0 Å². The molecule has 0 bridgehead atoms. The van der Waals surface area contributed by atoms with Crippen LogP contribution in [0.25, 0.3) is 0 Å². The SMILES string of the molecule is CCC(N)C(O)C(F)F. The van der Waals surface area contributed by atoms with Gasteiger partial charge in [-0.1, -0.05) is 6.92 Å². The Hall–Kier alpha value is -0.220. The van der Waals surface area contributed by atoms with E-state index in [0.717, 1.165) is 0 Å². The van der Waals surface area contributed by atoms with E-state index in [0.29, 0.717) is 6.42 Å². The molecule has 0 aliphatic heterocycles. The highest BCUT2D eigenvalue weighted by atomic mass is 19.3. The molecule has 56 valence electrons. The number of hydrogen-bond acceptors (Lipinski definition) is 2. The molecular weight excluding hydrogens is 128 g/mol. The zero-order valence-electron chi connectivity index (χ0n) is 5.22. The van der Waals surface area contributed by atoms with Gasteiger partial charge in [0.1, 0.15) is 6.10 Å². The largest absolute Gasteiger partial charge is 0.386 e. The van der Waals surface area contributed by atoms with Crippen LogP contribution in [-0.2, 0) is 0 Å². The summed E-state index contributed by atoms with van der Waals surface area (Å²) in [5, 5.41) is 8.52. The fourth-order valence-corrected chi connectivity index (χ4v) is 0.428. The Morgan fingerprint density at radius 1 is 1.56 bits per heavy atom. The fourth-order valence-electron chi connectivity index (χ4n) is 0.428. The van der Waals surface area contributed by atoms with Crippen LogP contribution < -0.4 is 5.73 Å². The Morgan fingerprint density at radius 2 is 2.00 bits per heavy atom. The van der Waals surface area contributed by atoms with Gasteiger partial charge in [-0.3, -0.25) is 0 Å². The summed E-state index contributed by atoms with van der Waals surface area (Å²) < 4.78 is 23.1. The van der Waals surface area contributed by atoms with E-state index in [4.69, 9.17) is 10.8 Å². The van der Waals surface area contributed by atoms with E-state index in [9.17, 15) is 8.78 Å². The van der Waals surface area contributed by atoms with Crippen molar-refractivity contribution in [1.29, 1.82) is 0 Å². The lowest BCUT2D eigenvalue weighted by molar-refractivity contribution is -0.0191. The highest BCUT2D eigenvalue weighted by molar-refractivity contribution is 4.71. The molecule has 0 saturated heterocycles. The van der Waals surface area contributed by atoms with Crippen LogP contribution in [0.3, 0.4) is 0 Å². The minimum Gasteiger partial charge on any atom is -0.386 e. The van der Waals surface area contributed by atoms with Gasteiger partial charge >= 0.3 is 0 Å². The average molecular weight is 139 g/mol. The maximum absolute atomic E-state index is 11.5. The second-order valence-corrected chi connectivity index (χ2v) is 1.90. The van der Waals surface area contributed by atoms with Crippen molar-refractivity contribution < 1.29 is 13.9 Å². The fraction of sp³-hybridized carbons (Fsp3) is 1.00. The monoisotopic (exact) mass is 139 g/mol. The van der Waals surface area contributed by atoms with Crippen LogP contribution in [0.15, 0.2) is 0 Å². The minimum atomic E-state index is -2.72. The van der Waals surface area contributed by atoms with E-state index in [1.807, 2.05) is 0 Å². The molecule has 0 radical (unpaired) electrons. The number of aliphatic hydroxyl groups excluding tert-OH is 1. The zero-order valence-corrected chi connectivity index (χ0v) is 5.22. The summed E-state index contributed by atoms with van der Waals surface area (Å²) in [5.74, 6) is 0. The van der Waals surface area contributed by atoms with Gasteiger partial charge in [-0.25, -0.2) is 8.78 Å². The smallest absolute Gasteiger partial charge is 0.265 e. The summed E-state index contributed by atoms with van der Waals surface area (Å²) in [7, 11) is 0. The van der Waals surface area contributed by atoms with Crippen molar-refractivity contribution in [3.63, 3.8) is 0 Å². The topological polar surface area (TPSA) is 46.2 Å². The van der Waals surface area contributed by atoms with Gasteiger partial charge in [-0.15, -0.1) is 0 Å². The molecule has 0 aromatic carbocycles. The Morgan fingerprint density at radius 3 is 2.11 bits per heavy atom. The first-order chi connectivity index (χ1) is 4.09. The lowest BCUT2D eigenvalue weighted by Crippen LogP contribution is -2.38. The number of alkyl halides is 2. The van der Waals surface area contributed by atoms with Gasteiger partial charge in [0.25, 0.3) is 6.43 Å². The molecule has 0 spiro atoms. The van der Waals surface area contributed by atoms with E-state index in [1.165, 1.54) is 0 Å². The molecule has 0 fully saturated rings. The van der Waals surface area contributed by atoms with Crippen molar-refractivity contribution in [2.45, 2.75) is 31.9 Å². The molecule has 0 aromatic heterocycles. The van der Waals surface area contributed by atoms with E-state index in [2.05, 4.69) is 0 Å². The summed E-state index contributed by atoms with van der Waals surface area (Å²) in [6.45, 7) is 1.65. The molecular formula is C5H11F2NO. The first kappa shape index (κ1) is 8.78. The van der Waals surface area contributed by atoms with Gasteiger partial charge in [-0.05, 0) is 6.42 Å². The Labute approximate surface area is 52.7 Å². The lowest BCUT2D eigenvalue weighted by Gasteiger charge is -2.14. The number of nitrogens with two attached hydrogens (primary N) is 1. The number of rotatable bonds is 3. The summed E-state index contributed by atoms with van der Waals surface area (Å²) in [6.07, 6.45) is -4.03. The maximum Gasteiger partial charge on any atom is 0.265 e. The number of hydrogen-bond donors (Lipinski definition) is 2. The highest BCUT2D eigenvalue weighted by Crippen LogP contribution is 2.05. The first-order valence-electron chi connectivity index (χ1n) is 2.81. The van der Waals surface area contributed by atoms with Crippen molar-refractivity contribution >= 4 is 0 Å². The lowest BCUT2D eigenvalue weighted by atomic mass is 10.1. The third-order valence-electron chi connectivity index (χ3n) is 1.17. The van der Waals surface area contributed by atoms with Gasteiger partial charge in [-0.2, -0.15) is 0 Å². The number of aliphatic hydroxyl groups is 1. The molecule has 0 rings (SSSR count). The quantitative estimate of drug-likeness (QED) is 0.592. The van der Waals surface area contributed by atoms with Crippen molar-refractivity contribution in [3.8, 4) is 0 Å². The molecule has 0 heterocycles. The van der Waals surface area contributed by atoms with Crippen LogP contribution in [0.4, 0.5) is 8.78 Å². The van der Waals surface area contributed by atoms with E-state index >= 15 is 0 Å². The molecule has 2 nitrogen and oxygen atoms in total. The molecule has 2 atom stereocenters. The Bertz CT molecular complexity index is 79.4. The van der Waals surface area contributed by atoms with E-state index < -0.39 is 18.6 Å². The van der Waals surface area contributed by atoms with Crippen LogP contribution in [0.1, 0.15) is 13.3 Å². The third kappa shape index (κ3) is 2.72. The summed E-state index contributed by atoms with van der Waals surface area (Å²) in [4.78, 5) is 0. The molecule has 0 aliphatic carbocycles. The molecule has 3 N–H and O–H groups in total. The molecule has 0 amide bonds. The number of halogens is 2. The molecule has 4 heteroatoms. The van der Waals surface area contributed by atoms with Crippen LogP contribution in [-0.4, -0.2) is 23.7 Å². The predicted molar refractivity (Wildman–Crippen MR) is 30.3 cm³/mol. The molecule has 0 aliphatic rings. The van der Waals surface area contributed by atoms with Gasteiger partial charge in [0.05, 0.1) is 0 Å². The maximum atomic E-state index is 11.5. The van der Waals surface area contributed by atoms with Crippen molar-refractivity contribution in [2.75, 3.05) is 0 Å². The van der Waals surface area contributed by atoms with Gasteiger partial charge in [0.15, 0.2) is 0 Å². The predicted octanol–water partition coefficient (Wildman–Crippen LogP) is 0.350. The molecule has 0 aromatic rings. The standard InChI is InChI=1S/C5H11F2NO/c1-2-3(8)4(9)5(6)7/h3-5,9H,2,8H2,1H3. The normalized spacial score (nSPS) is 18.0.